The number of hydrogen-bond acceptors (Lipinski definition) is 6. The molecule has 0 atom stereocenters. The summed E-state index contributed by atoms with van der Waals surface area (Å²) in [5, 5.41) is 14.6. The average Bonchev–Trinajstić information content (AvgIpc) is 2.96. The first-order valence-electron chi connectivity index (χ1n) is 12.6. The van der Waals surface area contributed by atoms with E-state index in [-0.39, 0.29) is 18.1 Å². The second-order valence-electron chi connectivity index (χ2n) is 9.26. The van der Waals surface area contributed by atoms with Crippen molar-refractivity contribution in [1.82, 2.24) is 9.66 Å². The van der Waals surface area contributed by atoms with Gasteiger partial charge in [0.25, 0.3) is 5.56 Å². The minimum atomic E-state index is -0.207. The fraction of sp³-hybridized carbons (Fsp3) is 0.267. The smallest absolute Gasteiger partial charge is 0.282 e. The molecule has 0 N–H and O–H groups in total. The quantitative estimate of drug-likeness (QED) is 0.235. The monoisotopic (exact) mass is 570 g/mol. The van der Waals surface area contributed by atoms with Gasteiger partial charge in [-0.15, -0.1) is 0 Å². The predicted octanol–water partition coefficient (Wildman–Crippen LogP) is 6.55. The van der Waals surface area contributed by atoms with Crippen LogP contribution in [0.1, 0.15) is 60.5 Å². The van der Waals surface area contributed by atoms with Crippen LogP contribution in [0.5, 0.6) is 11.5 Å². The number of nitrogens with zero attached hydrogens (tertiary/aromatic N) is 4. The van der Waals surface area contributed by atoms with E-state index < -0.39 is 0 Å². The maximum absolute atomic E-state index is 13.7. The molecule has 0 saturated heterocycles. The van der Waals surface area contributed by atoms with E-state index in [0.717, 1.165) is 35.7 Å². The van der Waals surface area contributed by atoms with Gasteiger partial charge in [0.05, 0.1) is 35.9 Å². The summed E-state index contributed by atoms with van der Waals surface area (Å²) in [6.07, 6.45) is 7.00. The summed E-state index contributed by atoms with van der Waals surface area (Å²) in [5.74, 6) is 1.87. The van der Waals surface area contributed by atoms with Crippen LogP contribution in [0.25, 0.3) is 10.9 Å². The highest BCUT2D eigenvalue weighted by Crippen LogP contribution is 2.33. The molecular weight excluding hydrogens is 544 g/mol. The van der Waals surface area contributed by atoms with Crippen LogP contribution in [0.2, 0.25) is 0 Å². The number of rotatable bonds is 7. The molecule has 0 amide bonds. The standard InChI is InChI=1S/C30H27BrN4O3/c1-37-27-13-7-12-22(28(27)38-19-23-11-6-5-10-21(23)17-32)18-33-35-29(20-8-3-2-4-9-20)34-26-15-14-24(31)16-25(26)30(35)36/h5-7,10-16,18,20H,2-4,8-9,19H2,1H3. The highest BCUT2D eigenvalue weighted by Gasteiger charge is 2.23. The predicted molar refractivity (Wildman–Crippen MR) is 151 cm³/mol. The zero-order valence-electron chi connectivity index (χ0n) is 21.1. The zero-order chi connectivity index (χ0) is 26.5. The molecular formula is C30H27BrN4O3. The van der Waals surface area contributed by atoms with E-state index in [1.54, 1.807) is 31.5 Å². The fourth-order valence-electron chi connectivity index (χ4n) is 4.88. The Hall–Kier alpha value is -3.96. The van der Waals surface area contributed by atoms with Gasteiger partial charge in [0.15, 0.2) is 11.5 Å². The van der Waals surface area contributed by atoms with Crippen molar-refractivity contribution in [3.63, 3.8) is 0 Å². The summed E-state index contributed by atoms with van der Waals surface area (Å²) in [6, 6.07) is 20.6. The third kappa shape index (κ3) is 5.34. The van der Waals surface area contributed by atoms with Gasteiger partial charge in [-0.05, 0) is 49.2 Å². The summed E-state index contributed by atoms with van der Waals surface area (Å²) in [6.45, 7) is 0.184. The second-order valence-corrected chi connectivity index (χ2v) is 10.2. The molecule has 1 saturated carbocycles. The van der Waals surface area contributed by atoms with E-state index in [0.29, 0.717) is 39.4 Å². The highest BCUT2D eigenvalue weighted by atomic mass is 79.9. The van der Waals surface area contributed by atoms with Crippen LogP contribution >= 0.6 is 15.9 Å². The van der Waals surface area contributed by atoms with Gasteiger partial charge in [0.2, 0.25) is 0 Å². The Morgan fingerprint density at radius 1 is 1.13 bits per heavy atom. The van der Waals surface area contributed by atoms with Crippen LogP contribution in [-0.4, -0.2) is 23.0 Å². The van der Waals surface area contributed by atoms with Crippen LogP contribution in [0.15, 0.2) is 75.0 Å². The summed E-state index contributed by atoms with van der Waals surface area (Å²) < 4.78 is 14.0. The van der Waals surface area contributed by atoms with Crippen LogP contribution in [0.3, 0.4) is 0 Å². The van der Waals surface area contributed by atoms with Crippen LogP contribution in [0.4, 0.5) is 0 Å². The first-order valence-corrected chi connectivity index (χ1v) is 13.4. The minimum absolute atomic E-state index is 0.171. The molecule has 38 heavy (non-hydrogen) atoms. The molecule has 0 radical (unpaired) electrons. The van der Waals surface area contributed by atoms with Gasteiger partial charge < -0.3 is 9.47 Å². The van der Waals surface area contributed by atoms with Crippen LogP contribution in [-0.2, 0) is 6.61 Å². The van der Waals surface area contributed by atoms with Crippen molar-refractivity contribution in [2.45, 2.75) is 44.6 Å². The molecule has 1 aliphatic carbocycles. The van der Waals surface area contributed by atoms with E-state index in [9.17, 15) is 10.1 Å². The molecule has 8 heteroatoms. The Morgan fingerprint density at radius 3 is 2.74 bits per heavy atom. The minimum Gasteiger partial charge on any atom is -0.493 e. The lowest BCUT2D eigenvalue weighted by atomic mass is 9.88. The summed E-state index contributed by atoms with van der Waals surface area (Å²) in [4.78, 5) is 18.6. The maximum Gasteiger partial charge on any atom is 0.282 e. The van der Waals surface area contributed by atoms with Crippen LogP contribution < -0.4 is 15.0 Å². The van der Waals surface area contributed by atoms with Crippen molar-refractivity contribution >= 4 is 33.0 Å². The summed E-state index contributed by atoms with van der Waals surface area (Å²) in [5.41, 5.74) is 2.43. The fourth-order valence-corrected chi connectivity index (χ4v) is 5.24. The number of benzene rings is 3. The molecule has 7 nitrogen and oxygen atoms in total. The van der Waals surface area contributed by atoms with E-state index in [4.69, 9.17) is 14.5 Å². The van der Waals surface area contributed by atoms with Gasteiger partial charge >= 0.3 is 0 Å². The summed E-state index contributed by atoms with van der Waals surface area (Å²) >= 11 is 3.47. The zero-order valence-corrected chi connectivity index (χ0v) is 22.6. The average molecular weight is 571 g/mol. The third-order valence-corrected chi connectivity index (χ3v) is 7.35. The van der Waals surface area contributed by atoms with E-state index >= 15 is 0 Å². The van der Waals surface area contributed by atoms with Crippen molar-refractivity contribution in [2.24, 2.45) is 5.10 Å². The van der Waals surface area contributed by atoms with E-state index in [2.05, 4.69) is 27.1 Å². The molecule has 5 rings (SSSR count). The molecule has 1 heterocycles. The first kappa shape index (κ1) is 25.7. The molecule has 0 aliphatic heterocycles. The molecule has 0 unspecified atom stereocenters. The maximum atomic E-state index is 13.7. The van der Waals surface area contributed by atoms with Gasteiger partial charge in [-0.3, -0.25) is 4.79 Å². The summed E-state index contributed by atoms with van der Waals surface area (Å²) in [7, 11) is 1.57. The van der Waals surface area contributed by atoms with Gasteiger partial charge in [0, 0.05) is 21.5 Å². The lowest BCUT2D eigenvalue weighted by Gasteiger charge is -2.22. The van der Waals surface area contributed by atoms with E-state index in [1.807, 2.05) is 42.5 Å². The number of ether oxygens (including phenoxy) is 2. The Bertz CT molecular complexity index is 1600. The molecule has 0 bridgehead atoms. The molecule has 0 spiro atoms. The van der Waals surface area contributed by atoms with Gasteiger partial charge in [-0.1, -0.05) is 59.5 Å². The number of halogens is 1. The number of para-hydroxylation sites is 1. The Labute approximate surface area is 229 Å². The topological polar surface area (TPSA) is 89.5 Å². The lowest BCUT2D eigenvalue weighted by Crippen LogP contribution is -2.25. The molecule has 3 aromatic carbocycles. The number of fused-ring (bicyclic) bond motifs is 1. The third-order valence-electron chi connectivity index (χ3n) is 6.86. The SMILES string of the molecule is COc1cccc(C=Nn2c(C3CCCCC3)nc3ccc(Br)cc3c2=O)c1OCc1ccccc1C#N. The van der Waals surface area contributed by atoms with Gasteiger partial charge in [0.1, 0.15) is 12.4 Å². The number of nitriles is 1. The molecule has 192 valence electrons. The van der Waals surface area contributed by atoms with Gasteiger partial charge in [-0.25, -0.2) is 4.98 Å². The Kier molecular flexibility index (Phi) is 7.85. The van der Waals surface area contributed by atoms with Crippen LogP contribution in [0, 0.1) is 11.3 Å². The largest absolute Gasteiger partial charge is 0.493 e. The Morgan fingerprint density at radius 2 is 1.95 bits per heavy atom. The molecule has 1 aliphatic rings. The number of aromatic nitrogens is 2. The normalized spacial score (nSPS) is 14.0. The van der Waals surface area contributed by atoms with Crippen molar-refractivity contribution in [3.05, 3.63) is 98.0 Å². The lowest BCUT2D eigenvalue weighted by molar-refractivity contribution is 0.284. The van der Waals surface area contributed by atoms with Gasteiger partial charge in [-0.2, -0.15) is 15.0 Å². The second kappa shape index (κ2) is 11.6. The van der Waals surface area contributed by atoms with E-state index in [1.165, 1.54) is 11.1 Å². The molecule has 1 aromatic heterocycles. The van der Waals surface area contributed by atoms with Crippen molar-refractivity contribution in [1.29, 1.82) is 5.26 Å². The Balaban J connectivity index is 1.56. The number of methoxy groups -OCH3 is 1. The first-order chi connectivity index (χ1) is 18.6. The van der Waals surface area contributed by atoms with Crippen molar-refractivity contribution < 1.29 is 9.47 Å². The molecule has 1 fully saturated rings. The number of hydrogen-bond donors (Lipinski definition) is 0. The molecule has 4 aromatic rings. The highest BCUT2D eigenvalue weighted by molar-refractivity contribution is 9.10. The van der Waals surface area contributed by atoms with Crippen molar-refractivity contribution in [3.8, 4) is 17.6 Å². The van der Waals surface area contributed by atoms with Crippen molar-refractivity contribution in [2.75, 3.05) is 7.11 Å².